The summed E-state index contributed by atoms with van der Waals surface area (Å²) >= 11 is 0. The molecule has 1 aliphatic rings. The summed E-state index contributed by atoms with van der Waals surface area (Å²) in [5.74, 6) is 0.708. The number of methoxy groups -OCH3 is 1. The van der Waals surface area contributed by atoms with Gasteiger partial charge < -0.3 is 9.72 Å². The fourth-order valence-electron chi connectivity index (χ4n) is 2.66. The lowest BCUT2D eigenvalue weighted by atomic mass is 10.1. The zero-order chi connectivity index (χ0) is 12.5. The first-order valence-corrected chi connectivity index (χ1v) is 6.32. The number of piperidine rings is 1. The number of imidazole rings is 1. The lowest BCUT2D eigenvalue weighted by molar-refractivity contribution is 0.321. The third-order valence-electron chi connectivity index (χ3n) is 3.53. The Bertz CT molecular complexity index is 608. The van der Waals surface area contributed by atoms with E-state index in [1.807, 2.05) is 18.2 Å². The third-order valence-corrected chi connectivity index (χ3v) is 3.53. The molecule has 2 heterocycles. The van der Waals surface area contributed by atoms with E-state index >= 15 is 0 Å². The topological polar surface area (TPSA) is 59.1 Å². The number of nitrogens with one attached hydrogen (secondary N) is 2. The number of para-hydroxylation sites is 1. The third kappa shape index (κ3) is 1.71. The van der Waals surface area contributed by atoms with Crippen LogP contribution >= 0.6 is 0 Å². The number of fused-ring (bicyclic) bond motifs is 1. The molecule has 96 valence electrons. The van der Waals surface area contributed by atoms with E-state index in [0.717, 1.165) is 30.4 Å². The summed E-state index contributed by atoms with van der Waals surface area (Å²) < 4.78 is 7.08. The monoisotopic (exact) mass is 247 g/mol. The second-order valence-corrected chi connectivity index (χ2v) is 4.62. The molecule has 18 heavy (non-hydrogen) atoms. The molecule has 0 saturated carbocycles. The molecule has 5 nitrogen and oxygen atoms in total. The average Bonchev–Trinajstić information content (AvgIpc) is 2.75. The van der Waals surface area contributed by atoms with Crippen LogP contribution in [0.4, 0.5) is 0 Å². The molecular formula is C13H17N3O2. The maximum Gasteiger partial charge on any atom is 0.327 e. The molecule has 5 heteroatoms. The van der Waals surface area contributed by atoms with Gasteiger partial charge >= 0.3 is 5.69 Å². The van der Waals surface area contributed by atoms with Crippen LogP contribution in [0.3, 0.4) is 0 Å². The van der Waals surface area contributed by atoms with Crippen molar-refractivity contribution < 1.29 is 4.74 Å². The predicted molar refractivity (Wildman–Crippen MR) is 70.0 cm³/mol. The molecule has 1 unspecified atom stereocenters. The lowest BCUT2D eigenvalue weighted by Gasteiger charge is -2.24. The van der Waals surface area contributed by atoms with Crippen LogP contribution in [-0.2, 0) is 0 Å². The minimum Gasteiger partial charge on any atom is -0.494 e. The van der Waals surface area contributed by atoms with E-state index in [-0.39, 0.29) is 11.9 Å². The van der Waals surface area contributed by atoms with Gasteiger partial charge in [-0.3, -0.25) is 9.88 Å². The first kappa shape index (κ1) is 11.3. The van der Waals surface area contributed by atoms with Gasteiger partial charge in [0, 0.05) is 0 Å². The number of aromatic amines is 1. The Morgan fingerprint density at radius 3 is 3.00 bits per heavy atom. The Morgan fingerprint density at radius 2 is 2.28 bits per heavy atom. The predicted octanol–water partition coefficient (Wildman–Crippen LogP) is 1.61. The molecule has 0 spiro atoms. The van der Waals surface area contributed by atoms with Crippen molar-refractivity contribution >= 4 is 11.0 Å². The van der Waals surface area contributed by atoms with Crippen LogP contribution in [0.25, 0.3) is 11.0 Å². The smallest absolute Gasteiger partial charge is 0.327 e. The summed E-state index contributed by atoms with van der Waals surface area (Å²) in [6.45, 7) is 0.966. The number of benzene rings is 1. The molecule has 0 bridgehead atoms. The first-order valence-electron chi connectivity index (χ1n) is 6.32. The average molecular weight is 247 g/mol. The molecular weight excluding hydrogens is 230 g/mol. The molecule has 0 amide bonds. The van der Waals surface area contributed by atoms with Gasteiger partial charge in [0.2, 0.25) is 0 Å². The van der Waals surface area contributed by atoms with Crippen LogP contribution in [0.1, 0.15) is 25.4 Å². The molecule has 2 aromatic rings. The van der Waals surface area contributed by atoms with Gasteiger partial charge in [-0.2, -0.15) is 0 Å². The van der Waals surface area contributed by atoms with Gasteiger partial charge in [0.1, 0.15) is 11.3 Å². The van der Waals surface area contributed by atoms with Gasteiger partial charge in [0.05, 0.1) is 18.8 Å². The molecule has 1 atom stereocenters. The van der Waals surface area contributed by atoms with Crippen molar-refractivity contribution in [3.8, 4) is 5.75 Å². The van der Waals surface area contributed by atoms with E-state index in [0.29, 0.717) is 5.75 Å². The SMILES string of the molecule is COc1cccc2c1[nH]c(=O)n2C1CCCCN1. The number of ether oxygens (including phenoxy) is 1. The summed E-state index contributed by atoms with van der Waals surface area (Å²) in [6.07, 6.45) is 3.41. The molecule has 1 aromatic heterocycles. The summed E-state index contributed by atoms with van der Waals surface area (Å²) in [5, 5.41) is 3.39. The van der Waals surface area contributed by atoms with Crippen molar-refractivity contribution in [2.75, 3.05) is 13.7 Å². The van der Waals surface area contributed by atoms with Crippen molar-refractivity contribution in [2.45, 2.75) is 25.4 Å². The van der Waals surface area contributed by atoms with E-state index in [9.17, 15) is 4.79 Å². The number of rotatable bonds is 2. The van der Waals surface area contributed by atoms with Gasteiger partial charge in [-0.1, -0.05) is 6.07 Å². The maximum absolute atomic E-state index is 12.1. The summed E-state index contributed by atoms with van der Waals surface area (Å²) in [7, 11) is 1.61. The molecule has 1 aromatic carbocycles. The Labute approximate surface area is 105 Å². The Balaban J connectivity index is 2.16. The second-order valence-electron chi connectivity index (χ2n) is 4.62. The number of hydrogen-bond acceptors (Lipinski definition) is 3. The Hall–Kier alpha value is -1.75. The normalized spacial score (nSPS) is 20.2. The van der Waals surface area contributed by atoms with E-state index in [1.165, 1.54) is 6.42 Å². The number of aromatic nitrogens is 2. The highest BCUT2D eigenvalue weighted by Gasteiger charge is 2.20. The van der Waals surface area contributed by atoms with Crippen molar-refractivity contribution in [1.82, 2.24) is 14.9 Å². The Kier molecular flexibility index (Phi) is 2.83. The standard InChI is InChI=1S/C13H17N3O2/c1-18-10-6-4-5-9-12(10)15-13(17)16(9)11-7-2-3-8-14-11/h4-6,11,14H,2-3,7-8H2,1H3,(H,15,17). The first-order chi connectivity index (χ1) is 8.81. The van der Waals surface area contributed by atoms with Gasteiger partial charge in [-0.05, 0) is 37.9 Å². The van der Waals surface area contributed by atoms with Crippen LogP contribution in [0, 0.1) is 0 Å². The van der Waals surface area contributed by atoms with Gasteiger partial charge in [0.15, 0.2) is 0 Å². The van der Waals surface area contributed by atoms with Crippen LogP contribution in [-0.4, -0.2) is 23.2 Å². The van der Waals surface area contributed by atoms with Crippen molar-refractivity contribution in [1.29, 1.82) is 0 Å². The summed E-state index contributed by atoms with van der Waals surface area (Å²) in [6, 6.07) is 5.72. The summed E-state index contributed by atoms with van der Waals surface area (Å²) in [5.41, 5.74) is 1.60. The minimum absolute atomic E-state index is 0.0751. The highest BCUT2D eigenvalue weighted by molar-refractivity contribution is 5.81. The zero-order valence-corrected chi connectivity index (χ0v) is 10.4. The molecule has 1 aliphatic heterocycles. The van der Waals surface area contributed by atoms with Crippen molar-refractivity contribution in [2.24, 2.45) is 0 Å². The minimum atomic E-state index is -0.0751. The fraction of sp³-hybridized carbons (Fsp3) is 0.462. The summed E-state index contributed by atoms with van der Waals surface area (Å²) in [4.78, 5) is 15.0. The maximum atomic E-state index is 12.1. The van der Waals surface area contributed by atoms with Crippen LogP contribution in [0.15, 0.2) is 23.0 Å². The molecule has 2 N–H and O–H groups in total. The number of nitrogens with zero attached hydrogens (tertiary/aromatic N) is 1. The largest absolute Gasteiger partial charge is 0.494 e. The Morgan fingerprint density at radius 1 is 1.39 bits per heavy atom. The van der Waals surface area contributed by atoms with Crippen molar-refractivity contribution in [3.05, 3.63) is 28.7 Å². The molecule has 1 saturated heterocycles. The highest BCUT2D eigenvalue weighted by atomic mass is 16.5. The van der Waals surface area contributed by atoms with Gasteiger partial charge in [0.25, 0.3) is 0 Å². The van der Waals surface area contributed by atoms with Crippen molar-refractivity contribution in [3.63, 3.8) is 0 Å². The number of H-pyrrole nitrogens is 1. The van der Waals surface area contributed by atoms with Crippen LogP contribution < -0.4 is 15.7 Å². The van der Waals surface area contributed by atoms with E-state index in [2.05, 4.69) is 10.3 Å². The second kappa shape index (κ2) is 4.49. The molecule has 0 aliphatic carbocycles. The van der Waals surface area contributed by atoms with Gasteiger partial charge in [-0.15, -0.1) is 0 Å². The molecule has 3 rings (SSSR count). The van der Waals surface area contributed by atoms with E-state index in [4.69, 9.17) is 4.74 Å². The fourth-order valence-corrected chi connectivity index (χ4v) is 2.66. The highest BCUT2D eigenvalue weighted by Crippen LogP contribution is 2.25. The zero-order valence-electron chi connectivity index (χ0n) is 10.4. The van der Waals surface area contributed by atoms with E-state index < -0.39 is 0 Å². The lowest BCUT2D eigenvalue weighted by Crippen LogP contribution is -2.36. The number of hydrogen-bond donors (Lipinski definition) is 2. The van der Waals surface area contributed by atoms with E-state index in [1.54, 1.807) is 11.7 Å². The molecule has 0 radical (unpaired) electrons. The molecule has 1 fully saturated rings. The van der Waals surface area contributed by atoms with Crippen LogP contribution in [0.2, 0.25) is 0 Å². The van der Waals surface area contributed by atoms with Gasteiger partial charge in [-0.25, -0.2) is 4.79 Å². The van der Waals surface area contributed by atoms with Crippen LogP contribution in [0.5, 0.6) is 5.75 Å². The quantitative estimate of drug-likeness (QED) is 0.847.